The molecular formula is C21H25F2N5O2S. The molecule has 3 rings (SSSR count). The van der Waals surface area contributed by atoms with Gasteiger partial charge in [0.05, 0.1) is 33.6 Å². The Morgan fingerprint density at radius 3 is 2.68 bits per heavy atom. The molecule has 0 spiro atoms. The molecule has 10 heteroatoms. The highest BCUT2D eigenvalue weighted by Crippen LogP contribution is 2.28. The zero-order chi connectivity index (χ0) is 22.8. The van der Waals surface area contributed by atoms with Gasteiger partial charge in [0.2, 0.25) is 0 Å². The topological polar surface area (TPSA) is 99.2 Å². The van der Waals surface area contributed by atoms with E-state index in [1.165, 1.54) is 37.4 Å². The van der Waals surface area contributed by atoms with E-state index in [2.05, 4.69) is 25.9 Å². The van der Waals surface area contributed by atoms with Crippen molar-refractivity contribution in [2.75, 3.05) is 17.2 Å². The standard InChI is InChI=1S/C21H25F2N5O2S/c1-11(2)27-15-7-18(28-12-5-14(22)19-16(6-12)31-10-26-19)24-8-13(15)20(29)25-9-17(23)21(3,4)30/h5-8,10-11,17,30H,9H2,1-4H3,(H,25,29)(H2,24,27,28). The fourth-order valence-electron chi connectivity index (χ4n) is 2.81. The maximum atomic E-state index is 14.2. The van der Waals surface area contributed by atoms with Crippen molar-refractivity contribution in [3.63, 3.8) is 0 Å². The largest absolute Gasteiger partial charge is 0.387 e. The van der Waals surface area contributed by atoms with Gasteiger partial charge < -0.3 is 21.1 Å². The zero-order valence-corrected chi connectivity index (χ0v) is 18.5. The molecule has 1 unspecified atom stereocenters. The van der Waals surface area contributed by atoms with Crippen LogP contribution >= 0.6 is 11.3 Å². The van der Waals surface area contributed by atoms with Crippen molar-refractivity contribution in [2.24, 2.45) is 0 Å². The number of carbonyl (C=O) groups is 1. The van der Waals surface area contributed by atoms with Gasteiger partial charge in [0.15, 0.2) is 5.82 Å². The molecule has 7 nitrogen and oxygen atoms in total. The van der Waals surface area contributed by atoms with E-state index in [0.29, 0.717) is 27.4 Å². The highest BCUT2D eigenvalue weighted by atomic mass is 32.1. The first-order valence-corrected chi connectivity index (χ1v) is 10.6. The highest BCUT2D eigenvalue weighted by molar-refractivity contribution is 7.16. The van der Waals surface area contributed by atoms with E-state index in [0.717, 1.165) is 0 Å². The minimum atomic E-state index is -1.62. The van der Waals surface area contributed by atoms with Gasteiger partial charge in [0.1, 0.15) is 17.5 Å². The van der Waals surface area contributed by atoms with Crippen LogP contribution in [0.4, 0.5) is 26.0 Å². The summed E-state index contributed by atoms with van der Waals surface area (Å²) in [4.78, 5) is 20.8. The van der Waals surface area contributed by atoms with Crippen LogP contribution < -0.4 is 16.0 Å². The molecule has 31 heavy (non-hydrogen) atoms. The van der Waals surface area contributed by atoms with Crippen LogP contribution in [0.15, 0.2) is 29.9 Å². The number of aliphatic hydroxyl groups is 1. The van der Waals surface area contributed by atoms with Crippen LogP contribution in [0.5, 0.6) is 0 Å². The van der Waals surface area contributed by atoms with Crippen molar-refractivity contribution >= 4 is 44.7 Å². The second-order valence-electron chi connectivity index (χ2n) is 8.03. The smallest absolute Gasteiger partial charge is 0.255 e. The number of thiazole rings is 1. The Bertz CT molecular complexity index is 1080. The summed E-state index contributed by atoms with van der Waals surface area (Å²) >= 11 is 1.33. The number of anilines is 3. The van der Waals surface area contributed by atoms with Crippen LogP contribution in [0.3, 0.4) is 0 Å². The lowest BCUT2D eigenvalue weighted by Gasteiger charge is -2.23. The molecular weight excluding hydrogens is 424 g/mol. The quantitative estimate of drug-likeness (QED) is 0.411. The lowest BCUT2D eigenvalue weighted by atomic mass is 10.0. The van der Waals surface area contributed by atoms with Gasteiger partial charge in [0, 0.05) is 24.0 Å². The number of nitrogens with zero attached hydrogens (tertiary/aromatic N) is 2. The summed E-state index contributed by atoms with van der Waals surface area (Å²) < 4.78 is 28.9. The van der Waals surface area contributed by atoms with E-state index in [1.807, 2.05) is 13.8 Å². The third-order valence-corrected chi connectivity index (χ3v) is 5.24. The molecule has 1 atom stereocenters. The van der Waals surface area contributed by atoms with E-state index < -0.39 is 23.5 Å². The fourth-order valence-corrected chi connectivity index (χ4v) is 3.54. The van der Waals surface area contributed by atoms with Crippen molar-refractivity contribution in [3.8, 4) is 0 Å². The van der Waals surface area contributed by atoms with Crippen LogP contribution in [0.1, 0.15) is 38.1 Å². The molecule has 0 bridgehead atoms. The van der Waals surface area contributed by atoms with Crippen molar-refractivity contribution in [1.29, 1.82) is 0 Å². The summed E-state index contributed by atoms with van der Waals surface area (Å²) in [5, 5.41) is 18.4. The van der Waals surface area contributed by atoms with Gasteiger partial charge >= 0.3 is 0 Å². The minimum Gasteiger partial charge on any atom is -0.387 e. The zero-order valence-electron chi connectivity index (χ0n) is 17.7. The average Bonchev–Trinajstić information content (AvgIpc) is 3.14. The Kier molecular flexibility index (Phi) is 6.71. The Balaban J connectivity index is 1.82. The number of carbonyl (C=O) groups excluding carboxylic acids is 1. The van der Waals surface area contributed by atoms with Crippen molar-refractivity contribution in [3.05, 3.63) is 41.3 Å². The predicted octanol–water partition coefficient (Wildman–Crippen LogP) is 4.23. The van der Waals surface area contributed by atoms with Crippen molar-refractivity contribution in [1.82, 2.24) is 15.3 Å². The van der Waals surface area contributed by atoms with Crippen LogP contribution in [-0.4, -0.2) is 45.3 Å². The summed E-state index contributed by atoms with van der Waals surface area (Å²) in [6, 6.07) is 4.74. The number of halogens is 2. The number of fused-ring (bicyclic) bond motifs is 1. The number of hydrogen-bond acceptors (Lipinski definition) is 7. The van der Waals surface area contributed by atoms with Gasteiger partial charge in [-0.05, 0) is 39.8 Å². The lowest BCUT2D eigenvalue weighted by Crippen LogP contribution is -2.42. The monoisotopic (exact) mass is 449 g/mol. The van der Waals surface area contributed by atoms with Crippen LogP contribution in [0, 0.1) is 5.82 Å². The number of amides is 1. The summed E-state index contributed by atoms with van der Waals surface area (Å²) in [5.41, 5.74) is 1.55. The van der Waals surface area contributed by atoms with Gasteiger partial charge in [0.25, 0.3) is 5.91 Å². The molecule has 2 heterocycles. The first kappa shape index (κ1) is 22.8. The first-order valence-electron chi connectivity index (χ1n) is 9.75. The molecule has 0 fully saturated rings. The number of benzene rings is 1. The molecule has 0 aliphatic rings. The van der Waals surface area contributed by atoms with E-state index in [1.54, 1.807) is 17.6 Å². The molecule has 1 amide bonds. The first-order chi connectivity index (χ1) is 14.5. The summed E-state index contributed by atoms with van der Waals surface area (Å²) in [5.74, 6) is -0.556. The molecule has 0 aliphatic heterocycles. The SMILES string of the molecule is CC(C)Nc1cc(Nc2cc(F)c3ncsc3c2)ncc1C(=O)NCC(F)C(C)(C)O. The fraction of sp³-hybridized carbons (Fsp3) is 0.381. The second-order valence-corrected chi connectivity index (χ2v) is 8.91. The normalized spacial score (nSPS) is 12.8. The van der Waals surface area contributed by atoms with Crippen LogP contribution in [0.25, 0.3) is 10.2 Å². The number of aromatic nitrogens is 2. The highest BCUT2D eigenvalue weighted by Gasteiger charge is 2.27. The van der Waals surface area contributed by atoms with Gasteiger partial charge in [-0.2, -0.15) is 0 Å². The van der Waals surface area contributed by atoms with Crippen molar-refractivity contribution in [2.45, 2.75) is 45.5 Å². The second kappa shape index (κ2) is 9.11. The van der Waals surface area contributed by atoms with E-state index in [9.17, 15) is 18.7 Å². The molecule has 0 saturated carbocycles. The molecule has 1 aromatic carbocycles. The number of hydrogen-bond donors (Lipinski definition) is 4. The van der Waals surface area contributed by atoms with Gasteiger partial charge in [-0.3, -0.25) is 4.79 Å². The Morgan fingerprint density at radius 1 is 1.26 bits per heavy atom. The van der Waals surface area contributed by atoms with E-state index >= 15 is 0 Å². The molecule has 2 aromatic heterocycles. The van der Waals surface area contributed by atoms with E-state index in [4.69, 9.17) is 0 Å². The minimum absolute atomic E-state index is 0.0121. The Labute approximate surface area is 182 Å². The number of pyridine rings is 1. The van der Waals surface area contributed by atoms with Gasteiger partial charge in [-0.25, -0.2) is 18.7 Å². The molecule has 0 aliphatic carbocycles. The number of rotatable bonds is 8. The lowest BCUT2D eigenvalue weighted by molar-refractivity contribution is -0.00177. The van der Waals surface area contributed by atoms with Crippen LogP contribution in [0.2, 0.25) is 0 Å². The summed E-state index contributed by atoms with van der Waals surface area (Å²) in [6.45, 7) is 6.16. The maximum absolute atomic E-state index is 14.2. The number of nitrogens with one attached hydrogen (secondary N) is 3. The predicted molar refractivity (Wildman–Crippen MR) is 119 cm³/mol. The molecule has 166 valence electrons. The van der Waals surface area contributed by atoms with Gasteiger partial charge in [-0.1, -0.05) is 0 Å². The average molecular weight is 450 g/mol. The third-order valence-electron chi connectivity index (χ3n) is 4.46. The molecule has 4 N–H and O–H groups in total. The Hall–Kier alpha value is -2.85. The maximum Gasteiger partial charge on any atom is 0.255 e. The van der Waals surface area contributed by atoms with Crippen molar-refractivity contribution < 1.29 is 18.7 Å². The van der Waals surface area contributed by atoms with Gasteiger partial charge in [-0.15, -0.1) is 11.3 Å². The molecule has 3 aromatic rings. The summed E-state index contributed by atoms with van der Waals surface area (Å²) in [7, 11) is 0. The summed E-state index contributed by atoms with van der Waals surface area (Å²) in [6.07, 6.45) is -0.259. The number of alkyl halides is 1. The van der Waals surface area contributed by atoms with E-state index in [-0.39, 0.29) is 18.2 Å². The van der Waals surface area contributed by atoms with Crippen LogP contribution in [-0.2, 0) is 0 Å². The molecule has 0 saturated heterocycles. The Morgan fingerprint density at radius 2 is 2.00 bits per heavy atom. The third kappa shape index (κ3) is 5.65. The molecule has 0 radical (unpaired) electrons.